The van der Waals surface area contributed by atoms with Crippen molar-refractivity contribution in [1.82, 2.24) is 0 Å². The summed E-state index contributed by atoms with van der Waals surface area (Å²) < 4.78 is 0. The fraction of sp³-hybridized carbons (Fsp3) is 0.111. The quantitative estimate of drug-likeness (QED) is 0.103. The maximum Gasteiger partial charge on any atom is 0.255 e. The molecule has 0 saturated heterocycles. The van der Waals surface area contributed by atoms with E-state index in [-0.39, 0.29) is 18.1 Å². The van der Waals surface area contributed by atoms with Crippen molar-refractivity contribution in [3.63, 3.8) is 0 Å². The number of nitrogens with two attached hydrogens (primary N) is 1. The maximum atomic E-state index is 13.2. The Bertz CT molecular complexity index is 1740. The summed E-state index contributed by atoms with van der Waals surface area (Å²) in [6.07, 6.45) is 1.82. The van der Waals surface area contributed by atoms with E-state index in [0.717, 1.165) is 40.9 Å². The van der Waals surface area contributed by atoms with Crippen molar-refractivity contribution in [2.45, 2.75) is 26.2 Å². The second kappa shape index (κ2) is 12.6. The molecule has 6 rings (SSSR count). The molecule has 0 aliphatic heterocycles. The number of amides is 1. The average Bonchev–Trinajstić information content (AvgIpc) is 3.02. The zero-order chi connectivity index (χ0) is 30.5. The molecular formula is C36H30N6O2. The molecule has 0 aromatic heterocycles. The van der Waals surface area contributed by atoms with Gasteiger partial charge in [0.15, 0.2) is 5.78 Å². The Hall–Kier alpha value is -5.76. The van der Waals surface area contributed by atoms with E-state index in [4.69, 9.17) is 5.73 Å². The number of carbonyl (C=O) groups is 2. The first-order valence-corrected chi connectivity index (χ1v) is 14.4. The van der Waals surface area contributed by atoms with Gasteiger partial charge in [0.25, 0.3) is 5.91 Å². The van der Waals surface area contributed by atoms with Gasteiger partial charge in [0.2, 0.25) is 0 Å². The zero-order valence-electron chi connectivity index (χ0n) is 24.2. The number of hydrogen-bond donors (Lipinski definition) is 2. The van der Waals surface area contributed by atoms with Crippen LogP contribution in [0.2, 0.25) is 0 Å². The number of ketones is 1. The molecule has 0 radical (unpaired) electrons. The number of nitrogens with one attached hydrogen (secondary N) is 1. The minimum atomic E-state index is -0.202. The van der Waals surface area contributed by atoms with Crippen LogP contribution in [0.1, 0.15) is 43.0 Å². The minimum Gasteiger partial charge on any atom is -0.399 e. The summed E-state index contributed by atoms with van der Waals surface area (Å²) in [5.41, 5.74) is 15.1. The predicted octanol–water partition coefficient (Wildman–Crippen LogP) is 9.18. The zero-order valence-corrected chi connectivity index (χ0v) is 24.2. The number of carbonyl (C=O) groups excluding carboxylic acids is 2. The first-order chi connectivity index (χ1) is 21.4. The summed E-state index contributed by atoms with van der Waals surface area (Å²) in [4.78, 5) is 26.4. The van der Waals surface area contributed by atoms with Crippen LogP contribution in [0, 0.1) is 6.92 Å². The van der Waals surface area contributed by atoms with Crippen molar-refractivity contribution in [1.29, 1.82) is 0 Å². The van der Waals surface area contributed by atoms with Gasteiger partial charge in [-0.3, -0.25) is 9.59 Å². The number of nitrogens with zero attached hydrogens (tertiary/aromatic N) is 4. The van der Waals surface area contributed by atoms with Gasteiger partial charge in [-0.25, -0.2) is 0 Å². The van der Waals surface area contributed by atoms with Gasteiger partial charge in [0, 0.05) is 28.9 Å². The second-order valence-corrected chi connectivity index (χ2v) is 10.7. The number of hydrogen-bond acceptors (Lipinski definition) is 7. The highest BCUT2D eigenvalue weighted by Crippen LogP contribution is 2.32. The van der Waals surface area contributed by atoms with E-state index in [1.807, 2.05) is 55.5 Å². The molecule has 5 aromatic carbocycles. The lowest BCUT2D eigenvalue weighted by Crippen LogP contribution is -2.23. The summed E-state index contributed by atoms with van der Waals surface area (Å²) in [5.74, 6) is -0.169. The fourth-order valence-electron chi connectivity index (χ4n) is 4.97. The van der Waals surface area contributed by atoms with Gasteiger partial charge in [-0.2, -0.15) is 20.5 Å². The van der Waals surface area contributed by atoms with Crippen molar-refractivity contribution in [3.05, 3.63) is 143 Å². The highest BCUT2D eigenvalue weighted by atomic mass is 16.1. The third kappa shape index (κ3) is 6.65. The largest absolute Gasteiger partial charge is 0.399 e. The maximum absolute atomic E-state index is 13.2. The predicted molar refractivity (Wildman–Crippen MR) is 173 cm³/mol. The van der Waals surface area contributed by atoms with Crippen LogP contribution < -0.4 is 11.1 Å². The molecule has 0 bridgehead atoms. The van der Waals surface area contributed by atoms with Gasteiger partial charge in [-0.05, 0) is 115 Å². The van der Waals surface area contributed by atoms with Crippen LogP contribution >= 0.6 is 0 Å². The van der Waals surface area contributed by atoms with Crippen molar-refractivity contribution in [3.8, 4) is 0 Å². The number of azo groups is 2. The summed E-state index contributed by atoms with van der Waals surface area (Å²) in [6.45, 7) is 2.03. The smallest absolute Gasteiger partial charge is 0.255 e. The van der Waals surface area contributed by atoms with Crippen molar-refractivity contribution in [2.75, 3.05) is 11.1 Å². The van der Waals surface area contributed by atoms with Crippen LogP contribution in [0.3, 0.4) is 0 Å². The van der Waals surface area contributed by atoms with E-state index in [0.29, 0.717) is 33.9 Å². The number of Topliss-reactive ketones (excluding diaryl/α,β-unsaturated/α-hetero) is 1. The topological polar surface area (TPSA) is 122 Å². The standard InChI is InChI=1S/C36H30N6O2/c1-23-2-8-27(9-3-23)39-40-28-10-4-24(5-11-28)22-35(43)33-20-21-34(32-19-18-31(32)33)36(44)38-26-14-16-30(17-15-26)42-41-29-12-6-25(37)7-13-29/h2-17,20-21H,18-19,22,37H2,1H3,(H,38,44). The van der Waals surface area contributed by atoms with E-state index in [1.54, 1.807) is 60.7 Å². The van der Waals surface area contributed by atoms with Crippen LogP contribution in [0.5, 0.6) is 0 Å². The molecule has 8 heteroatoms. The Balaban J connectivity index is 1.07. The molecular weight excluding hydrogens is 548 g/mol. The van der Waals surface area contributed by atoms with Crippen molar-refractivity contribution in [2.24, 2.45) is 20.5 Å². The third-order valence-corrected chi connectivity index (χ3v) is 7.52. The lowest BCUT2D eigenvalue weighted by Gasteiger charge is -2.25. The van der Waals surface area contributed by atoms with Gasteiger partial charge < -0.3 is 11.1 Å². The number of rotatable bonds is 9. The molecule has 1 amide bonds. The number of benzene rings is 5. The van der Waals surface area contributed by atoms with Crippen LogP contribution in [0.25, 0.3) is 0 Å². The van der Waals surface area contributed by atoms with E-state index >= 15 is 0 Å². The van der Waals surface area contributed by atoms with Crippen molar-refractivity contribution < 1.29 is 9.59 Å². The molecule has 5 aromatic rings. The fourth-order valence-corrected chi connectivity index (χ4v) is 4.97. The molecule has 8 nitrogen and oxygen atoms in total. The Kier molecular flexibility index (Phi) is 8.14. The van der Waals surface area contributed by atoms with Crippen molar-refractivity contribution >= 4 is 45.8 Å². The minimum absolute atomic E-state index is 0.0330. The Labute approximate surface area is 255 Å². The average molecular weight is 579 g/mol. The van der Waals surface area contributed by atoms with Gasteiger partial charge >= 0.3 is 0 Å². The Morgan fingerprint density at radius 3 is 1.61 bits per heavy atom. The first kappa shape index (κ1) is 28.4. The summed E-state index contributed by atoms with van der Waals surface area (Å²) in [7, 11) is 0. The van der Waals surface area contributed by atoms with Gasteiger partial charge in [-0.15, -0.1) is 0 Å². The van der Waals surface area contributed by atoms with Crippen LogP contribution in [0.15, 0.2) is 130 Å². The SMILES string of the molecule is Cc1ccc(N=Nc2ccc(CC(=O)c3ccc(C(=O)Nc4ccc(N=Nc5ccc(N)cc5)cc4)c4c3CC4)cc2)cc1. The lowest BCUT2D eigenvalue weighted by atomic mass is 9.79. The van der Waals surface area contributed by atoms with Gasteiger partial charge in [0.1, 0.15) is 0 Å². The monoisotopic (exact) mass is 578 g/mol. The number of fused-ring (bicyclic) bond motifs is 1. The highest BCUT2D eigenvalue weighted by molar-refractivity contribution is 6.08. The number of aryl methyl sites for hydroxylation is 1. The molecule has 44 heavy (non-hydrogen) atoms. The second-order valence-electron chi connectivity index (χ2n) is 10.7. The molecule has 1 aliphatic carbocycles. The van der Waals surface area contributed by atoms with Gasteiger partial charge in [0.05, 0.1) is 22.7 Å². The molecule has 0 atom stereocenters. The molecule has 0 unspecified atom stereocenters. The number of nitrogen functional groups attached to an aromatic ring is 1. The summed E-state index contributed by atoms with van der Waals surface area (Å²) in [5, 5.41) is 20.0. The van der Waals surface area contributed by atoms with Crippen LogP contribution in [0.4, 0.5) is 34.1 Å². The number of anilines is 2. The first-order valence-electron chi connectivity index (χ1n) is 14.4. The van der Waals surface area contributed by atoms with Crippen LogP contribution in [-0.2, 0) is 19.3 Å². The molecule has 216 valence electrons. The molecule has 0 fully saturated rings. The Morgan fingerprint density at radius 1 is 0.614 bits per heavy atom. The van der Waals surface area contributed by atoms with Crippen LogP contribution in [-0.4, -0.2) is 11.7 Å². The molecule has 0 heterocycles. The molecule has 0 saturated carbocycles. The molecule has 0 spiro atoms. The molecule has 3 N–H and O–H groups in total. The summed E-state index contributed by atoms with van der Waals surface area (Å²) in [6, 6.07) is 33.2. The van der Waals surface area contributed by atoms with E-state index in [2.05, 4.69) is 25.8 Å². The Morgan fingerprint density at radius 2 is 1.07 bits per heavy atom. The van der Waals surface area contributed by atoms with E-state index in [1.165, 1.54) is 5.56 Å². The lowest BCUT2D eigenvalue weighted by molar-refractivity contribution is 0.0986. The molecule has 1 aliphatic rings. The highest BCUT2D eigenvalue weighted by Gasteiger charge is 2.26. The van der Waals surface area contributed by atoms with E-state index < -0.39 is 0 Å². The van der Waals surface area contributed by atoms with Gasteiger partial charge in [-0.1, -0.05) is 35.9 Å². The normalized spacial score (nSPS) is 12.2. The third-order valence-electron chi connectivity index (χ3n) is 7.52. The van der Waals surface area contributed by atoms with E-state index in [9.17, 15) is 9.59 Å². The summed E-state index contributed by atoms with van der Waals surface area (Å²) >= 11 is 0.